The van der Waals surface area contributed by atoms with Crippen molar-refractivity contribution in [1.82, 2.24) is 0 Å². The van der Waals surface area contributed by atoms with Crippen molar-refractivity contribution in [3.63, 3.8) is 0 Å². The van der Waals surface area contributed by atoms with Gasteiger partial charge in [0.2, 0.25) is 0 Å². The average Bonchev–Trinajstić information content (AvgIpc) is 3.29. The molecule has 0 aliphatic heterocycles. The fourth-order valence-electron chi connectivity index (χ4n) is 17.0. The molecule has 0 aromatic heterocycles. The molecule has 0 spiro atoms. The van der Waals surface area contributed by atoms with Crippen molar-refractivity contribution in [2.75, 3.05) is 6.54 Å². The van der Waals surface area contributed by atoms with Crippen molar-refractivity contribution in [2.45, 2.75) is 270 Å². The molecule has 0 saturated heterocycles. The fourth-order valence-corrected chi connectivity index (χ4v) is 17.0. The first kappa shape index (κ1) is 46.0. The monoisotopic (exact) mass is 802 g/mol. The van der Waals surface area contributed by atoms with Crippen LogP contribution in [-0.4, -0.2) is 6.54 Å². The highest BCUT2D eigenvalue weighted by Gasteiger charge is 2.35. The van der Waals surface area contributed by atoms with E-state index in [2.05, 4.69) is 6.92 Å². The van der Waals surface area contributed by atoms with Crippen LogP contribution in [0.15, 0.2) is 0 Å². The van der Waals surface area contributed by atoms with Crippen LogP contribution in [-0.2, 0) is 0 Å². The van der Waals surface area contributed by atoms with Gasteiger partial charge in [0, 0.05) is 0 Å². The van der Waals surface area contributed by atoms with E-state index < -0.39 is 0 Å². The molecule has 58 heavy (non-hydrogen) atoms. The molecule has 14 unspecified atom stereocenters. The standard InChI is InChI=1S/C57H103N/c1-2-44-17-3-4-18-45(44)31-32-46-19-5-6-20-47(46)33-34-48-21-7-8-22-49(48)35-36-50-23-9-10-24-51(50)37-38-52-25-11-12-26-53(52)39-40-54-27-13-14-28-55(54)41-42-56-29-15-16-30-57(56)43-58/h44-57H,2-43,58H2,1H3. The molecule has 0 heterocycles. The molecule has 14 atom stereocenters. The smallest absolute Gasteiger partial charge is 0.00462 e. The molecule has 336 valence electrons. The van der Waals surface area contributed by atoms with E-state index in [-0.39, 0.29) is 0 Å². The normalized spacial score (nSPS) is 40.7. The third kappa shape index (κ3) is 13.7. The molecule has 7 aliphatic rings. The lowest BCUT2D eigenvalue weighted by molar-refractivity contribution is 0.122. The van der Waals surface area contributed by atoms with Crippen LogP contribution in [0.1, 0.15) is 270 Å². The number of nitrogens with two attached hydrogens (primary N) is 1. The Morgan fingerprint density at radius 3 is 0.534 bits per heavy atom. The van der Waals surface area contributed by atoms with Gasteiger partial charge in [-0.15, -0.1) is 0 Å². The quantitative estimate of drug-likeness (QED) is 0.130. The molecule has 0 amide bonds. The lowest BCUT2D eigenvalue weighted by atomic mass is 9.66. The Kier molecular flexibility index (Phi) is 20.1. The van der Waals surface area contributed by atoms with Crippen molar-refractivity contribution < 1.29 is 0 Å². The lowest BCUT2D eigenvalue weighted by Gasteiger charge is -2.39. The van der Waals surface area contributed by atoms with Gasteiger partial charge in [0.15, 0.2) is 0 Å². The minimum Gasteiger partial charge on any atom is -0.330 e. The van der Waals surface area contributed by atoms with Crippen LogP contribution in [0.5, 0.6) is 0 Å². The van der Waals surface area contributed by atoms with Crippen molar-refractivity contribution in [1.29, 1.82) is 0 Å². The summed E-state index contributed by atoms with van der Waals surface area (Å²) in [6, 6.07) is 0. The Balaban J connectivity index is 0.845. The third-order valence-corrected chi connectivity index (χ3v) is 20.7. The van der Waals surface area contributed by atoms with Crippen LogP contribution in [0.4, 0.5) is 0 Å². The molecule has 0 radical (unpaired) electrons. The predicted octanol–water partition coefficient (Wildman–Crippen LogP) is 17.7. The maximum Gasteiger partial charge on any atom is -0.00462 e. The van der Waals surface area contributed by atoms with E-state index >= 15 is 0 Å². The summed E-state index contributed by atoms with van der Waals surface area (Å²) in [6.07, 6.45) is 63.4. The molecule has 1 heteroatoms. The van der Waals surface area contributed by atoms with Crippen molar-refractivity contribution in [2.24, 2.45) is 88.6 Å². The molecule has 7 saturated carbocycles. The summed E-state index contributed by atoms with van der Waals surface area (Å²) in [6.45, 7) is 3.43. The fraction of sp³-hybridized carbons (Fsp3) is 1.00. The topological polar surface area (TPSA) is 26.0 Å². The van der Waals surface area contributed by atoms with Gasteiger partial charge in [-0.25, -0.2) is 0 Å². The zero-order valence-corrected chi connectivity index (χ0v) is 39.4. The van der Waals surface area contributed by atoms with E-state index in [0.29, 0.717) is 0 Å². The molecule has 1 nitrogen and oxygen atoms in total. The molecule has 7 rings (SSSR count). The summed E-state index contributed by atoms with van der Waals surface area (Å²) in [5, 5.41) is 0. The predicted molar refractivity (Wildman–Crippen MR) is 253 cm³/mol. The highest BCUT2D eigenvalue weighted by Crippen LogP contribution is 2.47. The van der Waals surface area contributed by atoms with E-state index in [9.17, 15) is 0 Å². The summed E-state index contributed by atoms with van der Waals surface area (Å²) in [5.74, 6) is 14.6. The molecule has 7 fully saturated rings. The second-order valence-electron chi connectivity index (χ2n) is 23.7. The zero-order valence-electron chi connectivity index (χ0n) is 39.4. The van der Waals surface area contributed by atoms with Crippen molar-refractivity contribution in [3.8, 4) is 0 Å². The minimum atomic E-state index is 0.838. The van der Waals surface area contributed by atoms with Crippen LogP contribution in [0.25, 0.3) is 0 Å². The van der Waals surface area contributed by atoms with Crippen molar-refractivity contribution in [3.05, 3.63) is 0 Å². The molecular formula is C57H103N. The molecule has 0 aromatic carbocycles. The first-order valence-electron chi connectivity index (χ1n) is 28.4. The van der Waals surface area contributed by atoms with Gasteiger partial charge < -0.3 is 5.73 Å². The summed E-state index contributed by atoms with van der Waals surface area (Å²) in [4.78, 5) is 0. The van der Waals surface area contributed by atoms with E-state index in [4.69, 9.17) is 5.73 Å². The van der Waals surface area contributed by atoms with Gasteiger partial charge in [-0.1, -0.05) is 187 Å². The lowest BCUT2D eigenvalue weighted by Crippen LogP contribution is -2.29. The number of hydrogen-bond donors (Lipinski definition) is 1. The molecule has 0 bridgehead atoms. The molecule has 2 N–H and O–H groups in total. The Morgan fingerprint density at radius 2 is 0.362 bits per heavy atom. The van der Waals surface area contributed by atoms with E-state index in [1.165, 1.54) is 89.9 Å². The van der Waals surface area contributed by atoms with Gasteiger partial charge >= 0.3 is 0 Å². The first-order chi connectivity index (χ1) is 28.7. The Labute approximate surface area is 363 Å². The van der Waals surface area contributed by atoms with E-state index in [1.54, 1.807) is 173 Å². The zero-order chi connectivity index (χ0) is 39.8. The highest BCUT2D eigenvalue weighted by atomic mass is 14.6. The summed E-state index contributed by atoms with van der Waals surface area (Å²) < 4.78 is 0. The largest absolute Gasteiger partial charge is 0.330 e. The van der Waals surface area contributed by atoms with Gasteiger partial charge in [0.25, 0.3) is 0 Å². The Hall–Kier alpha value is -0.0400. The molecule has 0 aromatic rings. The Bertz CT molecular complexity index is 997. The third-order valence-electron chi connectivity index (χ3n) is 20.7. The van der Waals surface area contributed by atoms with Crippen LogP contribution in [0.2, 0.25) is 0 Å². The summed E-state index contributed by atoms with van der Waals surface area (Å²) in [7, 11) is 0. The summed E-state index contributed by atoms with van der Waals surface area (Å²) in [5.41, 5.74) is 6.27. The second kappa shape index (κ2) is 25.3. The first-order valence-corrected chi connectivity index (χ1v) is 28.4. The van der Waals surface area contributed by atoms with Crippen LogP contribution in [0.3, 0.4) is 0 Å². The van der Waals surface area contributed by atoms with Crippen LogP contribution < -0.4 is 5.73 Å². The van der Waals surface area contributed by atoms with Gasteiger partial charge in [-0.05, 0) is 173 Å². The average molecular weight is 802 g/mol. The molecule has 7 aliphatic carbocycles. The van der Waals surface area contributed by atoms with Crippen LogP contribution in [0, 0.1) is 82.9 Å². The van der Waals surface area contributed by atoms with E-state index in [1.807, 2.05) is 0 Å². The SMILES string of the molecule is CCC1CCCCC1CCC1CCCCC1CCC1CCCCC1CCC1CCCCC1CCC1CCCCC1CCC1CCCCC1CCC1CCCCC1CN. The Morgan fingerprint density at radius 1 is 0.224 bits per heavy atom. The van der Waals surface area contributed by atoms with E-state index in [0.717, 1.165) is 89.4 Å². The molecular weight excluding hydrogens is 699 g/mol. The van der Waals surface area contributed by atoms with Gasteiger partial charge in [-0.3, -0.25) is 0 Å². The van der Waals surface area contributed by atoms with Gasteiger partial charge in [0.05, 0.1) is 0 Å². The second-order valence-corrected chi connectivity index (χ2v) is 23.7. The van der Waals surface area contributed by atoms with Gasteiger partial charge in [0.1, 0.15) is 0 Å². The maximum atomic E-state index is 6.27. The highest BCUT2D eigenvalue weighted by molar-refractivity contribution is 4.87. The number of hydrogen-bond acceptors (Lipinski definition) is 1. The minimum absolute atomic E-state index is 0.838. The van der Waals surface area contributed by atoms with Gasteiger partial charge in [-0.2, -0.15) is 0 Å². The maximum absolute atomic E-state index is 6.27. The van der Waals surface area contributed by atoms with Crippen molar-refractivity contribution >= 4 is 0 Å². The van der Waals surface area contributed by atoms with Crippen LogP contribution >= 0.6 is 0 Å². The number of rotatable bonds is 20. The summed E-state index contributed by atoms with van der Waals surface area (Å²) >= 11 is 0.